The molecule has 0 saturated carbocycles. The SMILES string of the molecule is C=C(C)Cn1c(=O)n(CC(=O)[O-])c(=O)c2c3c(sc21)CCC3. The Morgan fingerprint density at radius 1 is 1.27 bits per heavy atom. The van der Waals surface area contributed by atoms with Gasteiger partial charge in [0.25, 0.3) is 5.56 Å². The van der Waals surface area contributed by atoms with Crippen LogP contribution in [0, 0.1) is 0 Å². The largest absolute Gasteiger partial charge is 0.548 e. The molecule has 0 unspecified atom stereocenters. The summed E-state index contributed by atoms with van der Waals surface area (Å²) in [5, 5.41) is 11.4. The number of rotatable bonds is 4. The number of hydrogen-bond donors (Lipinski definition) is 0. The number of aliphatic carboxylic acids is 1. The lowest BCUT2D eigenvalue weighted by Crippen LogP contribution is -2.44. The van der Waals surface area contributed by atoms with Gasteiger partial charge in [-0.2, -0.15) is 0 Å². The summed E-state index contributed by atoms with van der Waals surface area (Å²) >= 11 is 1.46. The highest BCUT2D eigenvalue weighted by atomic mass is 32.1. The Morgan fingerprint density at radius 3 is 2.64 bits per heavy atom. The molecule has 1 aliphatic rings. The summed E-state index contributed by atoms with van der Waals surface area (Å²) < 4.78 is 2.21. The zero-order chi connectivity index (χ0) is 16.0. The fourth-order valence-electron chi connectivity index (χ4n) is 2.93. The van der Waals surface area contributed by atoms with Crippen molar-refractivity contribution in [3.63, 3.8) is 0 Å². The first kappa shape index (κ1) is 14.8. The minimum atomic E-state index is -1.45. The highest BCUT2D eigenvalue weighted by Crippen LogP contribution is 2.35. The van der Waals surface area contributed by atoms with Crippen LogP contribution in [0.4, 0.5) is 0 Å². The minimum Gasteiger partial charge on any atom is -0.548 e. The van der Waals surface area contributed by atoms with Crippen LogP contribution in [-0.4, -0.2) is 15.1 Å². The number of aryl methyl sites for hydroxylation is 2. The van der Waals surface area contributed by atoms with E-state index >= 15 is 0 Å². The first-order valence-corrected chi connectivity index (χ1v) is 7.84. The van der Waals surface area contributed by atoms with Gasteiger partial charge in [0.2, 0.25) is 0 Å². The van der Waals surface area contributed by atoms with E-state index in [-0.39, 0.29) is 6.54 Å². The van der Waals surface area contributed by atoms with Gasteiger partial charge in [-0.05, 0) is 31.7 Å². The van der Waals surface area contributed by atoms with Crippen LogP contribution in [0.3, 0.4) is 0 Å². The molecule has 0 fully saturated rings. The Bertz CT molecular complexity index is 916. The molecule has 22 heavy (non-hydrogen) atoms. The summed E-state index contributed by atoms with van der Waals surface area (Å²) in [7, 11) is 0. The van der Waals surface area contributed by atoms with Crippen molar-refractivity contribution in [2.75, 3.05) is 0 Å². The van der Waals surface area contributed by atoms with Gasteiger partial charge in [0.05, 0.1) is 17.9 Å². The lowest BCUT2D eigenvalue weighted by molar-refractivity contribution is -0.306. The summed E-state index contributed by atoms with van der Waals surface area (Å²) in [5.74, 6) is -1.45. The Labute approximate surface area is 129 Å². The van der Waals surface area contributed by atoms with E-state index in [9.17, 15) is 19.5 Å². The van der Waals surface area contributed by atoms with Crippen molar-refractivity contribution in [2.45, 2.75) is 39.3 Å². The van der Waals surface area contributed by atoms with Crippen molar-refractivity contribution in [1.82, 2.24) is 9.13 Å². The van der Waals surface area contributed by atoms with E-state index < -0.39 is 23.8 Å². The number of thiophene rings is 1. The number of carboxylic acids is 1. The third kappa shape index (κ3) is 2.21. The summed E-state index contributed by atoms with van der Waals surface area (Å²) in [6, 6.07) is 0. The molecule has 0 aromatic carbocycles. The number of carbonyl (C=O) groups is 1. The lowest BCUT2D eigenvalue weighted by atomic mass is 10.2. The maximum absolute atomic E-state index is 12.6. The van der Waals surface area contributed by atoms with Gasteiger partial charge in [0.1, 0.15) is 4.83 Å². The molecule has 6 nitrogen and oxygen atoms in total. The van der Waals surface area contributed by atoms with Crippen LogP contribution >= 0.6 is 11.3 Å². The van der Waals surface area contributed by atoms with E-state index in [0.717, 1.165) is 39.8 Å². The Balaban J connectivity index is 2.41. The molecule has 0 amide bonds. The topological polar surface area (TPSA) is 84.1 Å². The maximum atomic E-state index is 12.6. The number of hydrogen-bond acceptors (Lipinski definition) is 5. The van der Waals surface area contributed by atoms with Crippen molar-refractivity contribution >= 4 is 27.5 Å². The van der Waals surface area contributed by atoms with Crippen LogP contribution in [0.15, 0.2) is 21.7 Å². The molecule has 0 saturated heterocycles. The third-order valence-electron chi connectivity index (χ3n) is 3.78. The number of carbonyl (C=O) groups excluding carboxylic acids is 1. The van der Waals surface area contributed by atoms with Crippen molar-refractivity contribution in [2.24, 2.45) is 0 Å². The predicted octanol–water partition coefficient (Wildman–Crippen LogP) is 0.0394. The van der Waals surface area contributed by atoms with E-state index in [2.05, 4.69) is 6.58 Å². The smallest absolute Gasteiger partial charge is 0.332 e. The van der Waals surface area contributed by atoms with E-state index in [4.69, 9.17) is 0 Å². The molecule has 0 N–H and O–H groups in total. The van der Waals surface area contributed by atoms with Crippen LogP contribution in [0.2, 0.25) is 0 Å². The van der Waals surface area contributed by atoms with Crippen LogP contribution in [0.5, 0.6) is 0 Å². The fraction of sp³-hybridized carbons (Fsp3) is 0.400. The summed E-state index contributed by atoms with van der Waals surface area (Å²) in [4.78, 5) is 37.7. The van der Waals surface area contributed by atoms with E-state index in [1.807, 2.05) is 0 Å². The number of nitrogens with zero attached hydrogens (tertiary/aromatic N) is 2. The average molecular weight is 319 g/mol. The second-order valence-corrected chi connectivity index (χ2v) is 6.71. The molecular formula is C15H15N2O4S-. The van der Waals surface area contributed by atoms with Crippen LogP contribution in [0.1, 0.15) is 23.8 Å². The van der Waals surface area contributed by atoms with Crippen LogP contribution < -0.4 is 16.4 Å². The van der Waals surface area contributed by atoms with Gasteiger partial charge in [-0.1, -0.05) is 12.2 Å². The van der Waals surface area contributed by atoms with Crippen molar-refractivity contribution in [1.29, 1.82) is 0 Å². The Hall–Kier alpha value is -2.15. The molecule has 2 heterocycles. The van der Waals surface area contributed by atoms with Gasteiger partial charge in [-0.3, -0.25) is 13.9 Å². The molecule has 2 aromatic heterocycles. The van der Waals surface area contributed by atoms with Gasteiger partial charge in [0, 0.05) is 11.4 Å². The fourth-order valence-corrected chi connectivity index (χ4v) is 4.31. The zero-order valence-electron chi connectivity index (χ0n) is 12.2. The van der Waals surface area contributed by atoms with Crippen molar-refractivity contribution in [3.8, 4) is 0 Å². The molecule has 0 spiro atoms. The maximum Gasteiger partial charge on any atom is 0.332 e. The van der Waals surface area contributed by atoms with Gasteiger partial charge in [-0.15, -0.1) is 11.3 Å². The molecular weight excluding hydrogens is 304 g/mol. The first-order valence-electron chi connectivity index (χ1n) is 7.02. The molecule has 116 valence electrons. The zero-order valence-corrected chi connectivity index (χ0v) is 13.0. The summed E-state index contributed by atoms with van der Waals surface area (Å²) in [6.07, 6.45) is 2.67. The van der Waals surface area contributed by atoms with E-state index in [0.29, 0.717) is 10.2 Å². The quantitative estimate of drug-likeness (QED) is 0.745. The molecule has 7 heteroatoms. The van der Waals surface area contributed by atoms with E-state index in [1.165, 1.54) is 15.9 Å². The van der Waals surface area contributed by atoms with Crippen LogP contribution in [-0.2, 0) is 30.7 Å². The van der Waals surface area contributed by atoms with Crippen LogP contribution in [0.25, 0.3) is 10.2 Å². The summed E-state index contributed by atoms with van der Waals surface area (Å²) in [5.41, 5.74) is 0.578. The predicted molar refractivity (Wildman–Crippen MR) is 82.2 cm³/mol. The second-order valence-electron chi connectivity index (χ2n) is 5.63. The highest BCUT2D eigenvalue weighted by Gasteiger charge is 2.24. The average Bonchev–Trinajstić information content (AvgIpc) is 2.99. The lowest BCUT2D eigenvalue weighted by Gasteiger charge is -2.12. The molecule has 0 radical (unpaired) electrons. The molecule has 3 rings (SSSR count). The van der Waals surface area contributed by atoms with Gasteiger partial charge in [-0.25, -0.2) is 4.79 Å². The van der Waals surface area contributed by atoms with E-state index in [1.54, 1.807) is 6.92 Å². The second kappa shape index (κ2) is 5.24. The highest BCUT2D eigenvalue weighted by molar-refractivity contribution is 7.18. The van der Waals surface area contributed by atoms with Gasteiger partial charge >= 0.3 is 5.69 Å². The normalized spacial score (nSPS) is 13.5. The van der Waals surface area contributed by atoms with Gasteiger partial charge < -0.3 is 9.90 Å². The standard InChI is InChI=1S/C15H16N2O4S/c1-8(2)6-17-14-12(9-4-3-5-10(9)22-14)13(20)16(15(17)21)7-11(18)19/h1,3-7H2,2H3,(H,18,19)/p-1. The molecule has 0 bridgehead atoms. The molecule has 0 aliphatic heterocycles. The Kier molecular flexibility index (Phi) is 3.52. The molecule has 1 aliphatic carbocycles. The Morgan fingerprint density at radius 2 is 2.00 bits per heavy atom. The number of fused-ring (bicyclic) bond motifs is 3. The minimum absolute atomic E-state index is 0.266. The molecule has 0 atom stereocenters. The number of allylic oxidation sites excluding steroid dienone is 1. The number of carboxylic acid groups (broad SMARTS) is 1. The van der Waals surface area contributed by atoms with Crippen molar-refractivity contribution < 1.29 is 9.90 Å². The first-order chi connectivity index (χ1) is 10.4. The molecule has 2 aromatic rings. The monoisotopic (exact) mass is 319 g/mol. The van der Waals surface area contributed by atoms with Crippen molar-refractivity contribution in [3.05, 3.63) is 43.4 Å². The summed E-state index contributed by atoms with van der Waals surface area (Å²) in [6.45, 7) is 5.13. The van der Waals surface area contributed by atoms with Gasteiger partial charge in [0.15, 0.2) is 0 Å². The third-order valence-corrected chi connectivity index (χ3v) is 5.10. The number of aromatic nitrogens is 2.